The van der Waals surface area contributed by atoms with Crippen molar-refractivity contribution in [3.8, 4) is 16.9 Å². The highest BCUT2D eigenvalue weighted by atomic mass is 79.9. The lowest BCUT2D eigenvalue weighted by atomic mass is 10.0. The Morgan fingerprint density at radius 2 is 1.81 bits per heavy atom. The molecule has 0 spiro atoms. The maximum Gasteiger partial charge on any atom is 0.131 e. The molecule has 1 nitrogen and oxygen atoms in total. The van der Waals surface area contributed by atoms with Crippen LogP contribution in [0.25, 0.3) is 11.1 Å². The summed E-state index contributed by atoms with van der Waals surface area (Å²) in [7, 11) is 0. The molecule has 0 aliphatic rings. The molecule has 0 fully saturated rings. The van der Waals surface area contributed by atoms with Crippen molar-refractivity contribution in [2.24, 2.45) is 0 Å². The van der Waals surface area contributed by atoms with Crippen LogP contribution in [-0.4, -0.2) is 5.11 Å². The Morgan fingerprint density at radius 1 is 1.06 bits per heavy atom. The lowest BCUT2D eigenvalue weighted by Crippen LogP contribution is -1.85. The van der Waals surface area contributed by atoms with Crippen molar-refractivity contribution in [2.75, 3.05) is 0 Å². The van der Waals surface area contributed by atoms with E-state index in [1.54, 1.807) is 24.3 Å². The molecule has 0 atom stereocenters. The predicted octanol–water partition coefficient (Wildman–Crippen LogP) is 4.61. The molecule has 0 unspecified atom stereocenters. The molecule has 2 rings (SSSR count). The van der Waals surface area contributed by atoms with E-state index in [-0.39, 0.29) is 11.6 Å². The standard InChI is InChI=1S/C12H7BrClFO/c13-7-1-4-11(15)10(5-7)9-3-2-8(14)6-12(9)16/h1-6,16H. The van der Waals surface area contributed by atoms with Crippen LogP contribution in [-0.2, 0) is 0 Å². The molecule has 1 N–H and O–H groups in total. The number of hydrogen-bond acceptors (Lipinski definition) is 1. The van der Waals surface area contributed by atoms with Gasteiger partial charge in [-0.3, -0.25) is 0 Å². The number of phenols is 1. The maximum absolute atomic E-state index is 13.6. The van der Waals surface area contributed by atoms with Gasteiger partial charge in [0.2, 0.25) is 0 Å². The van der Waals surface area contributed by atoms with Gasteiger partial charge in [-0.1, -0.05) is 27.5 Å². The smallest absolute Gasteiger partial charge is 0.131 e. The van der Waals surface area contributed by atoms with Gasteiger partial charge in [0.15, 0.2) is 0 Å². The number of hydrogen-bond donors (Lipinski definition) is 1. The third-order valence-electron chi connectivity index (χ3n) is 2.18. The summed E-state index contributed by atoms with van der Waals surface area (Å²) in [5.41, 5.74) is 0.756. The van der Waals surface area contributed by atoms with Gasteiger partial charge in [-0.15, -0.1) is 0 Å². The highest BCUT2D eigenvalue weighted by Gasteiger charge is 2.10. The zero-order valence-electron chi connectivity index (χ0n) is 8.05. The number of rotatable bonds is 1. The van der Waals surface area contributed by atoms with Crippen LogP contribution in [0, 0.1) is 5.82 Å². The van der Waals surface area contributed by atoms with E-state index in [0.717, 1.165) is 4.47 Å². The normalized spacial score (nSPS) is 10.4. The first-order chi connectivity index (χ1) is 7.58. The summed E-state index contributed by atoms with van der Waals surface area (Å²) in [6.07, 6.45) is 0. The molecule has 0 bridgehead atoms. The second-order valence-electron chi connectivity index (χ2n) is 3.29. The topological polar surface area (TPSA) is 20.2 Å². The minimum absolute atomic E-state index is 0.0375. The summed E-state index contributed by atoms with van der Waals surface area (Å²) in [6.45, 7) is 0. The first kappa shape index (κ1) is 11.4. The molecular weight excluding hydrogens is 294 g/mol. The quantitative estimate of drug-likeness (QED) is 0.815. The van der Waals surface area contributed by atoms with Crippen LogP contribution in [0.2, 0.25) is 5.02 Å². The molecule has 0 aliphatic heterocycles. The zero-order valence-corrected chi connectivity index (χ0v) is 10.4. The van der Waals surface area contributed by atoms with Crippen LogP contribution in [0.5, 0.6) is 5.75 Å². The maximum atomic E-state index is 13.6. The summed E-state index contributed by atoms with van der Waals surface area (Å²) in [6, 6.07) is 9.13. The summed E-state index contributed by atoms with van der Waals surface area (Å²) in [5.74, 6) is -0.426. The first-order valence-electron chi connectivity index (χ1n) is 4.52. The summed E-state index contributed by atoms with van der Waals surface area (Å²) in [5, 5.41) is 10.1. The van der Waals surface area contributed by atoms with Crippen LogP contribution in [0.1, 0.15) is 0 Å². The Bertz CT molecular complexity index is 543. The molecule has 0 saturated carbocycles. The molecule has 2 aromatic rings. The Morgan fingerprint density at radius 3 is 2.50 bits per heavy atom. The fourth-order valence-electron chi connectivity index (χ4n) is 1.44. The van der Waals surface area contributed by atoms with Crippen LogP contribution in [0.3, 0.4) is 0 Å². The lowest BCUT2D eigenvalue weighted by molar-refractivity contribution is 0.477. The molecule has 4 heteroatoms. The molecule has 82 valence electrons. The van der Waals surface area contributed by atoms with Crippen LogP contribution in [0.15, 0.2) is 40.9 Å². The number of halogens is 3. The number of aromatic hydroxyl groups is 1. The minimum atomic E-state index is -0.388. The van der Waals surface area contributed by atoms with E-state index in [4.69, 9.17) is 11.6 Å². The highest BCUT2D eigenvalue weighted by molar-refractivity contribution is 9.10. The Hall–Kier alpha value is -1.06. The monoisotopic (exact) mass is 300 g/mol. The molecule has 0 heterocycles. The van der Waals surface area contributed by atoms with E-state index < -0.39 is 0 Å². The molecule has 0 saturated heterocycles. The van der Waals surface area contributed by atoms with E-state index in [1.165, 1.54) is 12.1 Å². The predicted molar refractivity (Wildman–Crippen MR) is 66.2 cm³/mol. The van der Waals surface area contributed by atoms with Crippen LogP contribution < -0.4 is 0 Å². The average molecular weight is 302 g/mol. The molecule has 16 heavy (non-hydrogen) atoms. The second-order valence-corrected chi connectivity index (χ2v) is 4.64. The van der Waals surface area contributed by atoms with Gasteiger partial charge in [0.05, 0.1) is 0 Å². The van der Waals surface area contributed by atoms with Gasteiger partial charge in [0, 0.05) is 20.6 Å². The van der Waals surface area contributed by atoms with Gasteiger partial charge in [-0.2, -0.15) is 0 Å². The molecule has 2 aromatic carbocycles. The van der Waals surface area contributed by atoms with Crippen molar-refractivity contribution in [1.82, 2.24) is 0 Å². The summed E-state index contributed by atoms with van der Waals surface area (Å²) < 4.78 is 14.3. The van der Waals surface area contributed by atoms with Crippen LogP contribution in [0.4, 0.5) is 4.39 Å². The zero-order chi connectivity index (χ0) is 11.7. The summed E-state index contributed by atoms with van der Waals surface area (Å²) in [4.78, 5) is 0. The van der Waals surface area contributed by atoms with E-state index in [0.29, 0.717) is 16.1 Å². The van der Waals surface area contributed by atoms with Crippen molar-refractivity contribution < 1.29 is 9.50 Å². The Kier molecular flexibility index (Phi) is 3.17. The Labute approximate surface area is 106 Å². The fraction of sp³-hybridized carbons (Fsp3) is 0. The van der Waals surface area contributed by atoms with Gasteiger partial charge < -0.3 is 5.11 Å². The van der Waals surface area contributed by atoms with Crippen molar-refractivity contribution in [2.45, 2.75) is 0 Å². The molecule has 0 amide bonds. The lowest BCUT2D eigenvalue weighted by Gasteiger charge is -2.07. The highest BCUT2D eigenvalue weighted by Crippen LogP contribution is 2.34. The van der Waals surface area contributed by atoms with Gasteiger partial charge in [0.25, 0.3) is 0 Å². The third-order valence-corrected chi connectivity index (χ3v) is 2.91. The van der Waals surface area contributed by atoms with Gasteiger partial charge in [0.1, 0.15) is 11.6 Å². The molecular formula is C12H7BrClFO. The molecule has 0 radical (unpaired) electrons. The van der Waals surface area contributed by atoms with Crippen molar-refractivity contribution >= 4 is 27.5 Å². The third kappa shape index (κ3) is 2.20. The van der Waals surface area contributed by atoms with E-state index in [1.807, 2.05) is 0 Å². The molecule has 0 aliphatic carbocycles. The SMILES string of the molecule is Oc1cc(Cl)ccc1-c1cc(Br)ccc1F. The number of benzene rings is 2. The molecule has 0 aromatic heterocycles. The van der Waals surface area contributed by atoms with Gasteiger partial charge in [-0.25, -0.2) is 4.39 Å². The fourth-order valence-corrected chi connectivity index (χ4v) is 1.96. The second kappa shape index (κ2) is 4.44. The van der Waals surface area contributed by atoms with Gasteiger partial charge >= 0.3 is 0 Å². The van der Waals surface area contributed by atoms with E-state index in [9.17, 15) is 9.50 Å². The number of phenolic OH excluding ortho intramolecular Hbond substituents is 1. The minimum Gasteiger partial charge on any atom is -0.507 e. The summed E-state index contributed by atoms with van der Waals surface area (Å²) >= 11 is 8.97. The van der Waals surface area contributed by atoms with Crippen molar-refractivity contribution in [1.29, 1.82) is 0 Å². The van der Waals surface area contributed by atoms with Crippen molar-refractivity contribution in [3.05, 3.63) is 51.7 Å². The average Bonchev–Trinajstić information content (AvgIpc) is 2.22. The first-order valence-corrected chi connectivity index (χ1v) is 5.69. The largest absolute Gasteiger partial charge is 0.507 e. The van der Waals surface area contributed by atoms with Gasteiger partial charge in [-0.05, 0) is 36.4 Å². The van der Waals surface area contributed by atoms with Crippen molar-refractivity contribution in [3.63, 3.8) is 0 Å². The van der Waals surface area contributed by atoms with E-state index in [2.05, 4.69) is 15.9 Å². The Balaban J connectivity index is 2.62. The van der Waals surface area contributed by atoms with E-state index >= 15 is 0 Å². The van der Waals surface area contributed by atoms with Crippen LogP contribution >= 0.6 is 27.5 Å².